The summed E-state index contributed by atoms with van der Waals surface area (Å²) >= 11 is 0. The zero-order valence-corrected chi connectivity index (χ0v) is 18.5. The predicted molar refractivity (Wildman–Crippen MR) is 119 cm³/mol. The van der Waals surface area contributed by atoms with Gasteiger partial charge >= 0.3 is 12.1 Å². The number of halogens is 3. The lowest BCUT2D eigenvalue weighted by Crippen LogP contribution is -2.10. The van der Waals surface area contributed by atoms with Crippen molar-refractivity contribution < 1.29 is 32.5 Å². The minimum absolute atomic E-state index is 0.119. The maximum atomic E-state index is 12.9. The van der Waals surface area contributed by atoms with E-state index in [9.17, 15) is 18.0 Å². The van der Waals surface area contributed by atoms with Crippen molar-refractivity contribution >= 4 is 5.97 Å². The molecule has 178 valence electrons. The third-order valence-electron chi connectivity index (χ3n) is 5.84. The highest BCUT2D eigenvalue weighted by molar-refractivity contribution is 5.69. The summed E-state index contributed by atoms with van der Waals surface area (Å²) in [5, 5.41) is 9.10. The molecule has 2 atom stereocenters. The molecule has 0 unspecified atom stereocenters. The number of aliphatic carboxylic acids is 1. The topological polar surface area (TPSA) is 68.7 Å². The van der Waals surface area contributed by atoms with Gasteiger partial charge in [0.25, 0.3) is 0 Å². The molecule has 4 rings (SSSR count). The van der Waals surface area contributed by atoms with E-state index in [-0.39, 0.29) is 12.5 Å². The van der Waals surface area contributed by atoms with Crippen molar-refractivity contribution in [1.29, 1.82) is 0 Å². The van der Waals surface area contributed by atoms with Crippen molar-refractivity contribution in [3.8, 4) is 16.9 Å². The summed E-state index contributed by atoms with van der Waals surface area (Å²) in [6.45, 7) is 2.23. The average Bonchev–Trinajstić information content (AvgIpc) is 3.21. The quantitative estimate of drug-likeness (QED) is 0.413. The van der Waals surface area contributed by atoms with E-state index in [1.54, 1.807) is 24.3 Å². The molecule has 0 spiro atoms. The first kappa shape index (κ1) is 23.8. The Labute approximate surface area is 195 Å². The van der Waals surface area contributed by atoms with Crippen LogP contribution in [0.5, 0.6) is 5.75 Å². The van der Waals surface area contributed by atoms with Gasteiger partial charge in [0.2, 0.25) is 0 Å². The SMILES string of the molecule is CCO[C@@H](CC(=O)O)c1ccc(O[C@@H]2CCc3c(-c4ccc(C(F)(F)F)nc4)cccc32)cc1. The first-order valence-electron chi connectivity index (χ1n) is 11.0. The van der Waals surface area contributed by atoms with Gasteiger partial charge in [-0.15, -0.1) is 0 Å². The van der Waals surface area contributed by atoms with E-state index >= 15 is 0 Å². The second kappa shape index (κ2) is 9.85. The molecule has 2 aromatic carbocycles. The fraction of sp³-hybridized carbons (Fsp3) is 0.308. The number of carbonyl (C=O) groups is 1. The molecule has 1 aliphatic rings. The number of fused-ring (bicyclic) bond motifs is 1. The number of aromatic nitrogens is 1. The van der Waals surface area contributed by atoms with Crippen LogP contribution in [0.2, 0.25) is 0 Å². The Bertz CT molecular complexity index is 1140. The lowest BCUT2D eigenvalue weighted by Gasteiger charge is -2.18. The van der Waals surface area contributed by atoms with Gasteiger partial charge in [-0.1, -0.05) is 36.4 Å². The van der Waals surface area contributed by atoms with E-state index < -0.39 is 23.9 Å². The number of nitrogens with zero attached hydrogens (tertiary/aromatic N) is 1. The lowest BCUT2D eigenvalue weighted by atomic mass is 9.97. The van der Waals surface area contributed by atoms with Gasteiger partial charge in [-0.25, -0.2) is 0 Å². The largest absolute Gasteiger partial charge is 0.486 e. The van der Waals surface area contributed by atoms with Gasteiger partial charge < -0.3 is 14.6 Å². The van der Waals surface area contributed by atoms with Gasteiger partial charge in [0.05, 0.1) is 12.5 Å². The zero-order chi connectivity index (χ0) is 24.3. The van der Waals surface area contributed by atoms with Crippen LogP contribution in [-0.2, 0) is 22.1 Å². The maximum absolute atomic E-state index is 12.9. The molecule has 0 fully saturated rings. The molecule has 5 nitrogen and oxygen atoms in total. The van der Waals surface area contributed by atoms with Crippen LogP contribution in [0.3, 0.4) is 0 Å². The van der Waals surface area contributed by atoms with Crippen LogP contribution < -0.4 is 4.74 Å². The Morgan fingerprint density at radius 1 is 1.15 bits per heavy atom. The highest BCUT2D eigenvalue weighted by Crippen LogP contribution is 2.40. The Hall–Kier alpha value is -3.39. The van der Waals surface area contributed by atoms with E-state index in [2.05, 4.69) is 4.98 Å². The van der Waals surface area contributed by atoms with Gasteiger partial charge in [0.1, 0.15) is 17.5 Å². The lowest BCUT2D eigenvalue weighted by molar-refractivity contribution is -0.141. The van der Waals surface area contributed by atoms with E-state index in [0.717, 1.165) is 41.2 Å². The molecular weight excluding hydrogens is 447 g/mol. The molecular formula is C26H24F3NO4. The Balaban J connectivity index is 1.51. The number of rotatable bonds is 8. The van der Waals surface area contributed by atoms with Crippen molar-refractivity contribution in [1.82, 2.24) is 4.98 Å². The van der Waals surface area contributed by atoms with Crippen molar-refractivity contribution in [2.45, 2.75) is 44.6 Å². The number of pyridine rings is 1. The van der Waals surface area contributed by atoms with E-state index in [1.165, 1.54) is 12.3 Å². The summed E-state index contributed by atoms with van der Waals surface area (Å²) < 4.78 is 50.3. The Morgan fingerprint density at radius 3 is 2.53 bits per heavy atom. The van der Waals surface area contributed by atoms with Crippen LogP contribution in [0, 0.1) is 0 Å². The summed E-state index contributed by atoms with van der Waals surface area (Å²) in [6.07, 6.45) is -2.57. The Morgan fingerprint density at radius 2 is 1.91 bits per heavy atom. The number of hydrogen-bond acceptors (Lipinski definition) is 4. The number of benzene rings is 2. The van der Waals surface area contributed by atoms with Crippen LogP contribution in [-0.4, -0.2) is 22.7 Å². The van der Waals surface area contributed by atoms with Gasteiger partial charge in [0, 0.05) is 18.4 Å². The molecule has 0 amide bonds. The van der Waals surface area contributed by atoms with Crippen molar-refractivity contribution in [2.24, 2.45) is 0 Å². The van der Waals surface area contributed by atoms with Gasteiger partial charge in [-0.05, 0) is 60.2 Å². The predicted octanol–water partition coefficient (Wildman–Crippen LogP) is 6.39. The summed E-state index contributed by atoms with van der Waals surface area (Å²) in [5.74, 6) is -0.283. The van der Waals surface area contributed by atoms with Crippen LogP contribution in [0.15, 0.2) is 60.8 Å². The molecule has 34 heavy (non-hydrogen) atoms. The van der Waals surface area contributed by atoms with Crippen molar-refractivity contribution in [3.63, 3.8) is 0 Å². The fourth-order valence-electron chi connectivity index (χ4n) is 4.29. The monoisotopic (exact) mass is 471 g/mol. The van der Waals surface area contributed by atoms with Crippen LogP contribution >= 0.6 is 0 Å². The molecule has 0 saturated carbocycles. The highest BCUT2D eigenvalue weighted by atomic mass is 19.4. The smallest absolute Gasteiger partial charge is 0.433 e. The second-order valence-electron chi connectivity index (χ2n) is 8.06. The van der Waals surface area contributed by atoms with E-state index in [0.29, 0.717) is 17.9 Å². The van der Waals surface area contributed by atoms with Crippen LogP contribution in [0.1, 0.15) is 54.4 Å². The summed E-state index contributed by atoms with van der Waals surface area (Å²) in [4.78, 5) is 14.7. The van der Waals surface area contributed by atoms with Crippen molar-refractivity contribution in [3.05, 3.63) is 83.2 Å². The van der Waals surface area contributed by atoms with Gasteiger partial charge in [-0.3, -0.25) is 9.78 Å². The molecule has 1 N–H and O–H groups in total. The second-order valence-corrected chi connectivity index (χ2v) is 8.06. The summed E-state index contributed by atoms with van der Waals surface area (Å²) in [5.41, 5.74) is 3.38. The molecule has 0 aliphatic heterocycles. The average molecular weight is 471 g/mol. The zero-order valence-electron chi connectivity index (χ0n) is 18.5. The first-order valence-corrected chi connectivity index (χ1v) is 11.0. The molecule has 1 aliphatic carbocycles. The Kier molecular flexibility index (Phi) is 6.88. The van der Waals surface area contributed by atoms with Crippen LogP contribution in [0.4, 0.5) is 13.2 Å². The minimum Gasteiger partial charge on any atom is -0.486 e. The minimum atomic E-state index is -4.47. The van der Waals surface area contributed by atoms with Gasteiger partial charge in [-0.2, -0.15) is 13.2 Å². The van der Waals surface area contributed by atoms with Gasteiger partial charge in [0.15, 0.2) is 0 Å². The van der Waals surface area contributed by atoms with E-state index in [4.69, 9.17) is 14.6 Å². The van der Waals surface area contributed by atoms with E-state index in [1.807, 2.05) is 25.1 Å². The number of ether oxygens (including phenoxy) is 2. The molecule has 8 heteroatoms. The number of hydrogen-bond donors (Lipinski definition) is 1. The number of carboxylic acids is 1. The third kappa shape index (κ3) is 5.22. The maximum Gasteiger partial charge on any atom is 0.433 e. The van der Waals surface area contributed by atoms with Crippen LogP contribution in [0.25, 0.3) is 11.1 Å². The molecule has 3 aromatic rings. The number of carboxylic acid groups (broad SMARTS) is 1. The normalized spacial score (nSPS) is 16.2. The van der Waals surface area contributed by atoms with Crippen molar-refractivity contribution in [2.75, 3.05) is 6.61 Å². The first-order chi connectivity index (χ1) is 16.3. The standard InChI is InChI=1S/C26H24F3NO4/c1-2-33-23(14-25(31)32)16-6-9-18(10-7-16)34-22-12-11-20-19(4-3-5-21(20)22)17-8-13-24(30-15-17)26(27,28)29/h3-10,13,15,22-23H,2,11-12,14H2,1H3,(H,31,32)/t22-,23+/m1/s1. The third-order valence-corrected chi connectivity index (χ3v) is 5.84. The molecule has 0 saturated heterocycles. The fourth-order valence-corrected chi connectivity index (χ4v) is 4.29. The number of alkyl halides is 3. The molecule has 0 radical (unpaired) electrons. The molecule has 1 aromatic heterocycles. The summed E-state index contributed by atoms with van der Waals surface area (Å²) in [6, 6.07) is 15.4. The molecule has 1 heterocycles. The highest BCUT2D eigenvalue weighted by Gasteiger charge is 2.32. The molecule has 0 bridgehead atoms. The summed E-state index contributed by atoms with van der Waals surface area (Å²) in [7, 11) is 0.